The van der Waals surface area contributed by atoms with E-state index in [2.05, 4.69) is 10.4 Å². The Hall–Kier alpha value is -1.54. The van der Waals surface area contributed by atoms with Gasteiger partial charge < -0.3 is 15.2 Å². The number of alkyl halides is 2. The number of nitrogens with one attached hydrogen (secondary N) is 1. The van der Waals surface area contributed by atoms with Gasteiger partial charge in [-0.15, -0.1) is 0 Å². The molecule has 6 nitrogen and oxygen atoms in total. The summed E-state index contributed by atoms with van der Waals surface area (Å²) in [4.78, 5) is 11.7. The third-order valence-corrected chi connectivity index (χ3v) is 4.36. The van der Waals surface area contributed by atoms with Crippen molar-refractivity contribution >= 4 is 11.6 Å². The molecule has 2 N–H and O–H groups in total. The number of hydrogen-bond acceptors (Lipinski definition) is 4. The summed E-state index contributed by atoms with van der Waals surface area (Å²) in [6.45, 7) is 1.25. The van der Waals surface area contributed by atoms with Crippen LogP contribution in [0.15, 0.2) is 12.4 Å². The van der Waals surface area contributed by atoms with Gasteiger partial charge in [0, 0.05) is 12.8 Å². The second kappa shape index (κ2) is 5.58. The van der Waals surface area contributed by atoms with E-state index in [1.807, 2.05) is 0 Å². The van der Waals surface area contributed by atoms with Gasteiger partial charge in [-0.2, -0.15) is 13.9 Å². The molecule has 1 unspecified atom stereocenters. The Balaban J connectivity index is 1.60. The van der Waals surface area contributed by atoms with E-state index in [0.717, 1.165) is 19.4 Å². The van der Waals surface area contributed by atoms with E-state index >= 15 is 0 Å². The topological polar surface area (TPSA) is 76.4 Å². The van der Waals surface area contributed by atoms with Gasteiger partial charge in [-0.25, -0.2) is 0 Å². The van der Waals surface area contributed by atoms with Crippen molar-refractivity contribution in [3.05, 3.63) is 12.4 Å². The summed E-state index contributed by atoms with van der Waals surface area (Å²) in [6.07, 6.45) is 5.18. The quantitative estimate of drug-likeness (QED) is 0.864. The number of rotatable bonds is 5. The van der Waals surface area contributed by atoms with Gasteiger partial charge in [0.15, 0.2) is 0 Å². The highest BCUT2D eigenvalue weighted by atomic mass is 19.3. The summed E-state index contributed by atoms with van der Waals surface area (Å²) in [5, 5.41) is 15.9. The number of nitrogens with zero attached hydrogens (tertiary/aromatic N) is 2. The first-order valence-corrected chi connectivity index (χ1v) is 7.46. The van der Waals surface area contributed by atoms with Gasteiger partial charge in [0.1, 0.15) is 5.60 Å². The highest BCUT2D eigenvalue weighted by Crippen LogP contribution is 2.44. The van der Waals surface area contributed by atoms with E-state index < -0.39 is 17.4 Å². The molecule has 0 spiro atoms. The van der Waals surface area contributed by atoms with Crippen LogP contribution in [0.2, 0.25) is 0 Å². The van der Waals surface area contributed by atoms with Crippen molar-refractivity contribution in [1.29, 1.82) is 0 Å². The Morgan fingerprint density at radius 1 is 1.55 bits per heavy atom. The lowest BCUT2D eigenvalue weighted by Gasteiger charge is -2.41. The predicted molar refractivity (Wildman–Crippen MR) is 73.6 cm³/mol. The monoisotopic (exact) mass is 315 g/mol. The maximum Gasteiger partial charge on any atom is 0.352 e. The summed E-state index contributed by atoms with van der Waals surface area (Å²) in [5.74, 6) is -5.30. The molecule has 1 aliphatic heterocycles. The maximum atomic E-state index is 14.0. The normalized spacial score (nSPS) is 24.0. The third kappa shape index (κ3) is 2.72. The molecule has 0 radical (unpaired) electrons. The average molecular weight is 315 g/mol. The van der Waals surface area contributed by atoms with Gasteiger partial charge in [0.25, 0.3) is 5.91 Å². The molecule has 1 atom stereocenters. The zero-order valence-corrected chi connectivity index (χ0v) is 12.1. The molecular formula is C14H19F2N3O3. The Morgan fingerprint density at radius 2 is 2.32 bits per heavy atom. The molecule has 22 heavy (non-hydrogen) atoms. The zero-order valence-electron chi connectivity index (χ0n) is 12.1. The molecule has 2 fully saturated rings. The SMILES string of the molecule is O=C(Nc1cnn(CC2CCCO2)c1)C(F)(F)C1(O)CCC1. The van der Waals surface area contributed by atoms with Crippen LogP contribution < -0.4 is 5.32 Å². The minimum atomic E-state index is -3.80. The van der Waals surface area contributed by atoms with Gasteiger partial charge in [-0.1, -0.05) is 0 Å². The molecule has 3 rings (SSSR count). The number of anilines is 1. The first kappa shape index (κ1) is 15.4. The Labute approximate surface area is 126 Å². The second-order valence-electron chi connectivity index (χ2n) is 6.00. The molecule has 1 aliphatic carbocycles. The van der Waals surface area contributed by atoms with Crippen LogP contribution in [0, 0.1) is 0 Å². The number of carbonyl (C=O) groups is 1. The van der Waals surface area contributed by atoms with Gasteiger partial charge in [-0.3, -0.25) is 9.48 Å². The summed E-state index contributed by atoms with van der Waals surface area (Å²) in [7, 11) is 0. The molecule has 122 valence electrons. The largest absolute Gasteiger partial charge is 0.383 e. The molecule has 1 aromatic heterocycles. The predicted octanol–water partition coefficient (Wildman–Crippen LogP) is 1.55. The van der Waals surface area contributed by atoms with E-state index in [0.29, 0.717) is 13.0 Å². The fourth-order valence-corrected chi connectivity index (χ4v) is 2.77. The molecule has 1 saturated heterocycles. The standard InChI is InChI=1S/C14H19F2N3O3/c15-14(16,13(21)4-2-5-13)12(20)18-10-7-17-19(8-10)9-11-3-1-6-22-11/h7-8,11,21H,1-6,9H2,(H,18,20). The minimum Gasteiger partial charge on any atom is -0.383 e. The molecular weight excluding hydrogens is 296 g/mol. The number of aromatic nitrogens is 2. The van der Waals surface area contributed by atoms with Crippen LogP contribution in [0.3, 0.4) is 0 Å². The number of aliphatic hydroxyl groups is 1. The lowest BCUT2D eigenvalue weighted by Crippen LogP contribution is -2.59. The molecule has 2 heterocycles. The van der Waals surface area contributed by atoms with Crippen molar-refractivity contribution in [2.75, 3.05) is 11.9 Å². The molecule has 2 aliphatic rings. The Bertz CT molecular complexity index is 551. The van der Waals surface area contributed by atoms with Crippen LogP contribution in [0.1, 0.15) is 32.1 Å². The zero-order chi connectivity index (χ0) is 15.8. The van der Waals surface area contributed by atoms with Crippen molar-refractivity contribution < 1.29 is 23.4 Å². The Kier molecular flexibility index (Phi) is 3.90. The minimum absolute atomic E-state index is 0.0638. The van der Waals surface area contributed by atoms with Gasteiger partial charge >= 0.3 is 5.92 Å². The number of carbonyl (C=O) groups excluding carboxylic acids is 1. The van der Waals surface area contributed by atoms with E-state index in [1.165, 1.54) is 12.4 Å². The number of ether oxygens (including phenoxy) is 1. The van der Waals surface area contributed by atoms with Crippen LogP contribution in [-0.4, -0.2) is 45.0 Å². The van der Waals surface area contributed by atoms with E-state index in [4.69, 9.17) is 4.74 Å². The number of halogens is 2. The fraction of sp³-hybridized carbons (Fsp3) is 0.714. The molecule has 1 amide bonds. The van der Waals surface area contributed by atoms with Crippen molar-refractivity contribution in [3.63, 3.8) is 0 Å². The van der Waals surface area contributed by atoms with Crippen LogP contribution in [0.4, 0.5) is 14.5 Å². The lowest BCUT2D eigenvalue weighted by atomic mass is 9.75. The van der Waals surface area contributed by atoms with Crippen LogP contribution in [0.5, 0.6) is 0 Å². The van der Waals surface area contributed by atoms with Gasteiger partial charge in [0.05, 0.1) is 24.5 Å². The summed E-state index contributed by atoms with van der Waals surface area (Å²) in [6, 6.07) is 0. The summed E-state index contributed by atoms with van der Waals surface area (Å²) < 4.78 is 34.9. The summed E-state index contributed by atoms with van der Waals surface area (Å²) in [5.41, 5.74) is -2.03. The third-order valence-electron chi connectivity index (χ3n) is 4.36. The molecule has 0 aromatic carbocycles. The van der Waals surface area contributed by atoms with Crippen LogP contribution in [0.25, 0.3) is 0 Å². The fourth-order valence-electron chi connectivity index (χ4n) is 2.77. The van der Waals surface area contributed by atoms with Crippen molar-refractivity contribution in [2.24, 2.45) is 0 Å². The van der Waals surface area contributed by atoms with Crippen molar-refractivity contribution in [3.8, 4) is 0 Å². The maximum absolute atomic E-state index is 14.0. The van der Waals surface area contributed by atoms with Crippen LogP contribution >= 0.6 is 0 Å². The van der Waals surface area contributed by atoms with Crippen molar-refractivity contribution in [1.82, 2.24) is 9.78 Å². The molecule has 1 saturated carbocycles. The molecule has 0 bridgehead atoms. The Morgan fingerprint density at radius 3 is 2.91 bits per heavy atom. The van der Waals surface area contributed by atoms with E-state index in [-0.39, 0.29) is 24.6 Å². The second-order valence-corrected chi connectivity index (χ2v) is 6.00. The highest BCUT2D eigenvalue weighted by molar-refractivity contribution is 5.97. The molecule has 1 aromatic rings. The highest BCUT2D eigenvalue weighted by Gasteiger charge is 2.61. The summed E-state index contributed by atoms with van der Waals surface area (Å²) >= 11 is 0. The number of hydrogen-bond donors (Lipinski definition) is 2. The first-order valence-electron chi connectivity index (χ1n) is 7.46. The van der Waals surface area contributed by atoms with Gasteiger partial charge in [0.2, 0.25) is 0 Å². The van der Waals surface area contributed by atoms with Gasteiger partial charge in [-0.05, 0) is 32.1 Å². The van der Waals surface area contributed by atoms with E-state index in [1.54, 1.807) is 4.68 Å². The molecule has 8 heteroatoms. The number of amides is 1. The lowest BCUT2D eigenvalue weighted by molar-refractivity contribution is -0.212. The first-order chi connectivity index (χ1) is 10.4. The average Bonchev–Trinajstić information content (AvgIpc) is 3.08. The smallest absolute Gasteiger partial charge is 0.352 e. The van der Waals surface area contributed by atoms with Crippen LogP contribution in [-0.2, 0) is 16.1 Å². The van der Waals surface area contributed by atoms with E-state index in [9.17, 15) is 18.7 Å². The van der Waals surface area contributed by atoms with Crippen molar-refractivity contribution in [2.45, 2.75) is 56.3 Å².